The van der Waals surface area contributed by atoms with E-state index in [2.05, 4.69) is 35.6 Å². The van der Waals surface area contributed by atoms with E-state index in [1.54, 1.807) is 0 Å². The summed E-state index contributed by atoms with van der Waals surface area (Å²) in [6.45, 7) is 2.27. The number of fused-ring (bicyclic) bond motifs is 5. The molecule has 0 heterocycles. The van der Waals surface area contributed by atoms with Crippen LogP contribution >= 0.6 is 22.6 Å². The summed E-state index contributed by atoms with van der Waals surface area (Å²) >= 11 is 2.44. The fourth-order valence-corrected chi connectivity index (χ4v) is 7.16. The average Bonchev–Trinajstić information content (AvgIpc) is 2.77. The molecule has 3 nitrogen and oxygen atoms in total. The summed E-state index contributed by atoms with van der Waals surface area (Å²) in [6, 6.07) is 5.84. The smallest absolute Gasteiger partial charge is 0.115 e. The van der Waals surface area contributed by atoms with Crippen molar-refractivity contribution in [3.63, 3.8) is 0 Å². The zero-order valence-electron chi connectivity index (χ0n) is 13.7. The van der Waals surface area contributed by atoms with Crippen LogP contribution in [0.15, 0.2) is 18.2 Å². The predicted molar refractivity (Wildman–Crippen MR) is 98.1 cm³/mol. The molecule has 126 valence electrons. The van der Waals surface area contributed by atoms with Gasteiger partial charge in [-0.25, -0.2) is 0 Å². The van der Waals surface area contributed by atoms with Crippen molar-refractivity contribution < 1.29 is 14.9 Å². The molecule has 7 atom stereocenters. The second kappa shape index (κ2) is 5.60. The lowest BCUT2D eigenvalue weighted by Gasteiger charge is -2.53. The van der Waals surface area contributed by atoms with Crippen LogP contribution in [0.3, 0.4) is 0 Å². The Labute approximate surface area is 151 Å². The first-order valence-electron chi connectivity index (χ1n) is 8.62. The number of ether oxygens (including phenoxy) is 1. The Hall–Kier alpha value is -0.330. The second-order valence-corrected chi connectivity index (χ2v) is 9.50. The van der Waals surface area contributed by atoms with Crippen LogP contribution in [0, 0.1) is 17.3 Å². The zero-order chi connectivity index (χ0) is 16.4. The van der Waals surface area contributed by atoms with Crippen molar-refractivity contribution in [2.75, 3.05) is 7.11 Å². The van der Waals surface area contributed by atoms with Gasteiger partial charge in [0.2, 0.25) is 0 Å². The van der Waals surface area contributed by atoms with Crippen molar-refractivity contribution in [3.8, 4) is 5.75 Å². The van der Waals surface area contributed by atoms with Gasteiger partial charge in [-0.3, -0.25) is 0 Å². The summed E-state index contributed by atoms with van der Waals surface area (Å²) < 4.78 is 6.28. The van der Waals surface area contributed by atoms with Crippen LogP contribution in [0.5, 0.6) is 5.75 Å². The molecule has 3 aliphatic carbocycles. The van der Waals surface area contributed by atoms with E-state index in [9.17, 15) is 10.2 Å². The molecular weight excluding hydrogens is 399 g/mol. The third kappa shape index (κ3) is 2.28. The van der Waals surface area contributed by atoms with Crippen molar-refractivity contribution in [3.05, 3.63) is 29.3 Å². The quantitative estimate of drug-likeness (QED) is 0.535. The standard InChI is InChI=1S/C19H25IO3/c1-19-9-16(23-2)17-12-6-4-11(21)7-10(12)3-5-13(17)14(19)8-15(20)18(19)22/h4,6-7,13-18,21-22H,3,5,8-9H2,1-2H3/t13-,14-,15+,16-,17+,18-,19-/m0/s1/i20-4. The van der Waals surface area contributed by atoms with Crippen molar-refractivity contribution in [1.29, 1.82) is 0 Å². The molecule has 0 saturated heterocycles. The number of aryl methyl sites for hydroxylation is 1. The normalized spacial score (nSPS) is 45.2. The van der Waals surface area contributed by atoms with Crippen molar-refractivity contribution in [2.24, 2.45) is 17.3 Å². The van der Waals surface area contributed by atoms with E-state index in [1.807, 2.05) is 19.2 Å². The molecular formula is C19H25IO3. The molecule has 0 aromatic heterocycles. The molecule has 2 fully saturated rings. The monoisotopic (exact) mass is 424 g/mol. The lowest BCUT2D eigenvalue weighted by molar-refractivity contribution is -0.0922. The molecule has 0 amide bonds. The number of phenols is 1. The number of methoxy groups -OCH3 is 1. The fraction of sp³-hybridized carbons (Fsp3) is 0.684. The number of halogens is 1. The minimum absolute atomic E-state index is 0.0257. The Bertz CT molecular complexity index is 619. The fourth-order valence-electron chi connectivity index (χ4n) is 5.79. The molecule has 3 aliphatic rings. The van der Waals surface area contributed by atoms with Gasteiger partial charge in [0.1, 0.15) is 5.75 Å². The molecule has 4 heteroatoms. The van der Waals surface area contributed by atoms with Gasteiger partial charge in [0, 0.05) is 22.4 Å². The summed E-state index contributed by atoms with van der Waals surface area (Å²) in [5.74, 6) is 1.90. The molecule has 4 rings (SSSR count). The summed E-state index contributed by atoms with van der Waals surface area (Å²) in [5.41, 5.74) is 2.61. The maximum atomic E-state index is 10.8. The van der Waals surface area contributed by atoms with Gasteiger partial charge in [-0.2, -0.15) is 0 Å². The minimum atomic E-state index is -0.229. The average molecular weight is 424 g/mol. The Morgan fingerprint density at radius 1 is 1.35 bits per heavy atom. The van der Waals surface area contributed by atoms with Crippen LogP contribution < -0.4 is 0 Å². The number of benzene rings is 1. The van der Waals surface area contributed by atoms with E-state index in [4.69, 9.17) is 4.74 Å². The molecule has 0 unspecified atom stereocenters. The first-order valence-corrected chi connectivity index (χ1v) is 9.87. The van der Waals surface area contributed by atoms with E-state index < -0.39 is 0 Å². The largest absolute Gasteiger partial charge is 0.508 e. The third-order valence-corrected chi connectivity index (χ3v) is 8.09. The number of rotatable bonds is 1. The maximum Gasteiger partial charge on any atom is 0.115 e. The van der Waals surface area contributed by atoms with E-state index >= 15 is 0 Å². The Morgan fingerprint density at radius 2 is 2.13 bits per heavy atom. The number of alkyl halides is 1. The van der Waals surface area contributed by atoms with Crippen molar-refractivity contribution >= 4 is 22.6 Å². The van der Waals surface area contributed by atoms with Gasteiger partial charge in [-0.15, -0.1) is 0 Å². The topological polar surface area (TPSA) is 49.7 Å². The van der Waals surface area contributed by atoms with Crippen LogP contribution in [0.1, 0.15) is 43.2 Å². The van der Waals surface area contributed by atoms with Crippen LogP contribution in [0.4, 0.5) is 0 Å². The molecule has 23 heavy (non-hydrogen) atoms. The molecule has 1 aromatic carbocycles. The van der Waals surface area contributed by atoms with E-state index in [-0.39, 0.29) is 17.6 Å². The first kappa shape index (κ1) is 16.2. The Morgan fingerprint density at radius 3 is 2.87 bits per heavy atom. The van der Waals surface area contributed by atoms with Gasteiger partial charge in [0.25, 0.3) is 0 Å². The molecule has 2 N–H and O–H groups in total. The molecule has 1 aromatic rings. The van der Waals surface area contributed by atoms with Crippen LogP contribution in [-0.4, -0.2) is 33.5 Å². The summed E-state index contributed by atoms with van der Waals surface area (Å²) in [7, 11) is 1.81. The van der Waals surface area contributed by atoms with E-state index in [0.29, 0.717) is 27.4 Å². The highest BCUT2D eigenvalue weighted by Gasteiger charge is 2.60. The summed E-state index contributed by atoms with van der Waals surface area (Å²) in [6.07, 6.45) is 4.13. The number of phenolic OH excluding ortho intramolecular Hbond substituents is 1. The van der Waals surface area contributed by atoms with Gasteiger partial charge in [-0.05, 0) is 60.8 Å². The number of aliphatic hydroxyl groups excluding tert-OH is 1. The maximum absolute atomic E-state index is 10.8. The Balaban J connectivity index is 1.78. The van der Waals surface area contributed by atoms with Gasteiger partial charge in [0.15, 0.2) is 0 Å². The van der Waals surface area contributed by atoms with Crippen LogP contribution in [-0.2, 0) is 11.2 Å². The van der Waals surface area contributed by atoms with Crippen LogP contribution in [0.2, 0.25) is 0 Å². The van der Waals surface area contributed by atoms with Crippen molar-refractivity contribution in [2.45, 2.75) is 54.7 Å². The second-order valence-electron chi connectivity index (χ2n) is 7.90. The molecule has 0 radical (unpaired) electrons. The highest BCUT2D eigenvalue weighted by atomic mass is 123. The van der Waals surface area contributed by atoms with E-state index in [0.717, 1.165) is 25.7 Å². The van der Waals surface area contributed by atoms with E-state index in [1.165, 1.54) is 11.1 Å². The number of aromatic hydroxyl groups is 1. The minimum Gasteiger partial charge on any atom is -0.508 e. The number of hydrogen-bond donors (Lipinski definition) is 2. The number of aliphatic hydroxyl groups is 1. The molecule has 0 aliphatic heterocycles. The molecule has 0 spiro atoms. The van der Waals surface area contributed by atoms with Crippen LogP contribution in [0.25, 0.3) is 0 Å². The Kier molecular flexibility index (Phi) is 3.93. The summed E-state index contributed by atoms with van der Waals surface area (Å²) in [4.78, 5) is 0. The number of hydrogen-bond acceptors (Lipinski definition) is 3. The van der Waals surface area contributed by atoms with Gasteiger partial charge < -0.3 is 14.9 Å². The highest BCUT2D eigenvalue weighted by molar-refractivity contribution is 14.1. The summed E-state index contributed by atoms with van der Waals surface area (Å²) in [5, 5.41) is 20.6. The van der Waals surface area contributed by atoms with Gasteiger partial charge in [-0.1, -0.05) is 35.6 Å². The van der Waals surface area contributed by atoms with Gasteiger partial charge in [0.05, 0.1) is 12.2 Å². The lowest BCUT2D eigenvalue weighted by Crippen LogP contribution is -2.50. The van der Waals surface area contributed by atoms with Crippen molar-refractivity contribution in [1.82, 2.24) is 0 Å². The molecule has 0 bridgehead atoms. The third-order valence-electron chi connectivity index (χ3n) is 6.90. The first-order chi connectivity index (χ1) is 11.0. The lowest BCUT2D eigenvalue weighted by atomic mass is 9.54. The highest BCUT2D eigenvalue weighted by Crippen LogP contribution is 2.62. The van der Waals surface area contributed by atoms with Gasteiger partial charge >= 0.3 is 0 Å². The molecule has 2 saturated carbocycles. The predicted octanol–water partition coefficient (Wildman–Crippen LogP) is 3.65. The zero-order valence-corrected chi connectivity index (χ0v) is 15.9. The SMILES string of the molecule is CO[C@H]1C[C@]2(C)[C@@H](O)[C@H]([123I])C[C@H]2[C@@H]2CCc3cc(O)ccc3[C@H]21.